The molecule has 0 aromatic carbocycles. The summed E-state index contributed by atoms with van der Waals surface area (Å²) < 4.78 is 0.387. The molecular formula is C8H9N3O5S2. The Morgan fingerprint density at radius 3 is 2.83 bits per heavy atom. The lowest BCUT2D eigenvalue weighted by Crippen LogP contribution is -2.41. The van der Waals surface area contributed by atoms with E-state index in [4.69, 9.17) is 5.11 Å². The second kappa shape index (κ2) is 6.31. The number of thioether (sulfide) groups is 1. The number of aromatic nitrogens is 1. The molecule has 0 saturated heterocycles. The van der Waals surface area contributed by atoms with Crippen molar-refractivity contribution in [1.82, 2.24) is 10.3 Å². The third kappa shape index (κ3) is 4.30. The highest BCUT2D eigenvalue weighted by atomic mass is 32.2. The van der Waals surface area contributed by atoms with Crippen LogP contribution in [0.25, 0.3) is 0 Å². The van der Waals surface area contributed by atoms with Gasteiger partial charge in [-0.15, -0.1) is 0 Å². The van der Waals surface area contributed by atoms with Crippen LogP contribution in [0.1, 0.15) is 6.92 Å². The lowest BCUT2D eigenvalue weighted by Gasteiger charge is -2.11. The molecule has 0 spiro atoms. The number of hydrogen-bond donors (Lipinski definition) is 2. The molecule has 1 aromatic heterocycles. The fraction of sp³-hybridized carbons (Fsp3) is 0.375. The number of aliphatic carboxylic acids is 1. The summed E-state index contributed by atoms with van der Waals surface area (Å²) in [5.74, 6) is -1.56. The van der Waals surface area contributed by atoms with E-state index < -0.39 is 22.8 Å². The summed E-state index contributed by atoms with van der Waals surface area (Å²) in [6.45, 7) is 1.22. The monoisotopic (exact) mass is 291 g/mol. The first-order valence-corrected chi connectivity index (χ1v) is 6.43. The summed E-state index contributed by atoms with van der Waals surface area (Å²) in [5.41, 5.74) is 0. The maximum atomic E-state index is 10.8. The molecule has 0 unspecified atom stereocenters. The molecule has 10 heteroatoms. The van der Waals surface area contributed by atoms with Crippen molar-refractivity contribution >= 4 is 40.0 Å². The van der Waals surface area contributed by atoms with Gasteiger partial charge in [0, 0.05) is 12.7 Å². The van der Waals surface area contributed by atoms with Gasteiger partial charge in [0.2, 0.25) is 5.91 Å². The van der Waals surface area contributed by atoms with E-state index in [2.05, 4.69) is 10.3 Å². The standard InChI is InChI=1S/C8H9N3O5S2/c1-4(12)10-5(7(13)14)3-17-8-9-2-6(18-8)11(15)16/h2,5H,3H2,1H3,(H,10,12)(H,13,14)/t5-/m0/s1. The molecule has 1 heterocycles. The predicted octanol–water partition coefficient (Wildman–Crippen LogP) is 0.733. The lowest BCUT2D eigenvalue weighted by atomic mass is 10.3. The Hall–Kier alpha value is -1.68. The fourth-order valence-electron chi connectivity index (χ4n) is 0.976. The highest BCUT2D eigenvalue weighted by Gasteiger charge is 2.20. The van der Waals surface area contributed by atoms with Gasteiger partial charge in [-0.2, -0.15) is 0 Å². The highest BCUT2D eigenvalue weighted by molar-refractivity contribution is 8.01. The van der Waals surface area contributed by atoms with E-state index in [1.54, 1.807) is 0 Å². The van der Waals surface area contributed by atoms with Crippen molar-refractivity contribution in [1.29, 1.82) is 0 Å². The van der Waals surface area contributed by atoms with Gasteiger partial charge >= 0.3 is 11.0 Å². The zero-order valence-corrected chi connectivity index (χ0v) is 10.8. The zero-order valence-electron chi connectivity index (χ0n) is 9.15. The number of amides is 1. The largest absolute Gasteiger partial charge is 0.480 e. The minimum atomic E-state index is -1.16. The van der Waals surface area contributed by atoms with Crippen molar-refractivity contribution < 1.29 is 19.6 Å². The first kappa shape index (κ1) is 14.4. The molecule has 8 nitrogen and oxygen atoms in total. The van der Waals surface area contributed by atoms with Crippen molar-refractivity contribution in [3.8, 4) is 0 Å². The minimum absolute atomic E-state index is 0.0551. The molecule has 18 heavy (non-hydrogen) atoms. The minimum Gasteiger partial charge on any atom is -0.480 e. The number of thiazole rings is 1. The molecule has 0 bridgehead atoms. The molecule has 1 rings (SSSR count). The maximum Gasteiger partial charge on any atom is 0.344 e. The van der Waals surface area contributed by atoms with Gasteiger partial charge in [-0.25, -0.2) is 9.78 Å². The number of hydrogen-bond acceptors (Lipinski definition) is 7. The fourth-order valence-corrected chi connectivity index (χ4v) is 2.80. The van der Waals surface area contributed by atoms with E-state index in [9.17, 15) is 19.7 Å². The van der Waals surface area contributed by atoms with Gasteiger partial charge < -0.3 is 10.4 Å². The van der Waals surface area contributed by atoms with Crippen LogP contribution in [0.5, 0.6) is 0 Å². The summed E-state index contributed by atoms with van der Waals surface area (Å²) in [7, 11) is 0. The molecule has 0 aliphatic rings. The van der Waals surface area contributed by atoms with E-state index in [0.29, 0.717) is 4.34 Å². The van der Waals surface area contributed by atoms with Crippen LogP contribution in [0.15, 0.2) is 10.5 Å². The summed E-state index contributed by atoms with van der Waals surface area (Å²) in [5, 5.41) is 21.4. The number of carboxylic acids is 1. The molecule has 2 N–H and O–H groups in total. The van der Waals surface area contributed by atoms with Gasteiger partial charge in [-0.3, -0.25) is 14.9 Å². The molecule has 0 fully saturated rings. The summed E-state index contributed by atoms with van der Waals surface area (Å²) >= 11 is 1.91. The quantitative estimate of drug-likeness (QED) is 0.450. The lowest BCUT2D eigenvalue weighted by molar-refractivity contribution is -0.380. The number of nitro groups is 1. The third-order valence-corrected chi connectivity index (χ3v) is 3.90. The average Bonchev–Trinajstić information content (AvgIpc) is 2.72. The van der Waals surface area contributed by atoms with Gasteiger partial charge in [-0.1, -0.05) is 11.8 Å². The third-order valence-electron chi connectivity index (χ3n) is 1.70. The smallest absolute Gasteiger partial charge is 0.344 e. The Kier molecular flexibility index (Phi) is 5.04. The zero-order chi connectivity index (χ0) is 13.7. The van der Waals surface area contributed by atoms with Crippen LogP contribution in [0.4, 0.5) is 5.00 Å². The number of nitrogens with zero attached hydrogens (tertiary/aromatic N) is 2. The van der Waals surface area contributed by atoms with Gasteiger partial charge in [0.15, 0.2) is 4.34 Å². The van der Waals surface area contributed by atoms with Crippen LogP contribution >= 0.6 is 23.1 Å². The molecule has 1 amide bonds. The molecular weight excluding hydrogens is 282 g/mol. The Balaban J connectivity index is 2.58. The van der Waals surface area contributed by atoms with Crippen molar-refractivity contribution in [2.75, 3.05) is 5.75 Å². The van der Waals surface area contributed by atoms with Crippen LogP contribution in [0, 0.1) is 10.1 Å². The van der Waals surface area contributed by atoms with Crippen molar-refractivity contribution in [2.24, 2.45) is 0 Å². The molecule has 0 aliphatic carbocycles. The van der Waals surface area contributed by atoms with Crippen LogP contribution in [0.3, 0.4) is 0 Å². The molecule has 0 radical (unpaired) electrons. The van der Waals surface area contributed by atoms with Crippen molar-refractivity contribution in [3.63, 3.8) is 0 Å². The van der Waals surface area contributed by atoms with Gasteiger partial charge in [-0.05, 0) is 11.3 Å². The van der Waals surface area contributed by atoms with Crippen molar-refractivity contribution in [3.05, 3.63) is 16.3 Å². The summed E-state index contributed by atoms with van der Waals surface area (Å²) in [4.78, 5) is 35.2. The predicted molar refractivity (Wildman–Crippen MR) is 64.7 cm³/mol. The Labute approximate surface area is 110 Å². The van der Waals surface area contributed by atoms with Gasteiger partial charge in [0.1, 0.15) is 12.2 Å². The molecule has 1 aromatic rings. The number of rotatable bonds is 6. The van der Waals surface area contributed by atoms with E-state index in [1.807, 2.05) is 0 Å². The van der Waals surface area contributed by atoms with E-state index in [1.165, 1.54) is 6.92 Å². The molecule has 1 atom stereocenters. The van der Waals surface area contributed by atoms with Crippen molar-refractivity contribution in [2.45, 2.75) is 17.3 Å². The van der Waals surface area contributed by atoms with Crippen LogP contribution in [-0.4, -0.2) is 38.7 Å². The number of carbonyl (C=O) groups excluding carboxylic acids is 1. The Morgan fingerprint density at radius 1 is 1.72 bits per heavy atom. The topological polar surface area (TPSA) is 122 Å². The average molecular weight is 291 g/mol. The first-order chi connectivity index (χ1) is 8.40. The molecule has 98 valence electrons. The maximum absolute atomic E-state index is 10.8. The first-order valence-electron chi connectivity index (χ1n) is 4.63. The summed E-state index contributed by atoms with van der Waals surface area (Å²) in [6, 6.07) is -1.05. The number of nitrogens with one attached hydrogen (secondary N) is 1. The van der Waals surface area contributed by atoms with E-state index in [-0.39, 0.29) is 10.8 Å². The van der Waals surface area contributed by atoms with E-state index in [0.717, 1.165) is 29.3 Å². The molecule has 0 saturated carbocycles. The number of carboxylic acid groups (broad SMARTS) is 1. The second-order valence-electron chi connectivity index (χ2n) is 3.12. The Bertz CT molecular complexity index is 475. The van der Waals surface area contributed by atoms with Gasteiger partial charge in [0.05, 0.1) is 4.92 Å². The normalized spacial score (nSPS) is 11.8. The SMILES string of the molecule is CC(=O)N[C@@H](CSc1ncc([N+](=O)[O-])s1)C(=O)O. The molecule has 0 aliphatic heterocycles. The number of carbonyl (C=O) groups is 2. The van der Waals surface area contributed by atoms with Crippen LogP contribution in [-0.2, 0) is 9.59 Å². The van der Waals surface area contributed by atoms with Crippen LogP contribution in [0.2, 0.25) is 0 Å². The summed E-state index contributed by atoms with van der Waals surface area (Å²) in [6.07, 6.45) is 1.11. The van der Waals surface area contributed by atoms with E-state index >= 15 is 0 Å². The highest BCUT2D eigenvalue weighted by Crippen LogP contribution is 2.29. The van der Waals surface area contributed by atoms with Crippen LogP contribution < -0.4 is 5.32 Å². The second-order valence-corrected chi connectivity index (χ2v) is 5.40. The Morgan fingerprint density at radius 2 is 2.39 bits per heavy atom. The van der Waals surface area contributed by atoms with Gasteiger partial charge in [0.25, 0.3) is 0 Å².